The molecule has 6 heteroatoms. The summed E-state index contributed by atoms with van der Waals surface area (Å²) in [5.74, 6) is 1.53. The Morgan fingerprint density at radius 3 is 1.82 bits per heavy atom. The molecule has 1 atom stereocenters. The molecule has 2 saturated heterocycles. The van der Waals surface area contributed by atoms with Gasteiger partial charge in [-0.2, -0.15) is 0 Å². The molecule has 1 aromatic carbocycles. The van der Waals surface area contributed by atoms with Crippen LogP contribution in [0.25, 0.3) is 0 Å². The van der Waals surface area contributed by atoms with Gasteiger partial charge in [0.2, 0.25) is 5.91 Å². The molecule has 1 aromatic rings. The van der Waals surface area contributed by atoms with E-state index in [1.807, 2.05) is 28.1 Å². The minimum Gasteiger partial charge on any atom is -0.369 e. The Kier molecular flexibility index (Phi) is 15.8. The van der Waals surface area contributed by atoms with Gasteiger partial charge < -0.3 is 10.6 Å². The lowest BCUT2D eigenvalue weighted by atomic mass is 9.73. The Bertz CT molecular complexity index is 655. The molecule has 2 aliphatic heterocycles. The highest BCUT2D eigenvalue weighted by Gasteiger charge is 2.40. The average molecular weight is 698 g/mol. The Labute approximate surface area is 237 Å². The van der Waals surface area contributed by atoms with Gasteiger partial charge >= 0.3 is 0 Å². The zero-order valence-corrected chi connectivity index (χ0v) is 26.7. The summed E-state index contributed by atoms with van der Waals surface area (Å²) in [4.78, 5) is 22.1. The zero-order chi connectivity index (χ0) is 25.7. The third-order valence-electron chi connectivity index (χ3n) is 7.78. The van der Waals surface area contributed by atoms with Crippen molar-refractivity contribution in [3.63, 3.8) is 0 Å². The molecule has 1 aliphatic carbocycles. The number of nitrogens with two attached hydrogens (primary N) is 1. The van der Waals surface area contributed by atoms with Crippen LogP contribution in [0.4, 0.5) is 0 Å². The number of hydrogen-bond acceptors (Lipinski definition) is 3. The lowest BCUT2D eigenvalue weighted by Gasteiger charge is -2.38. The van der Waals surface area contributed by atoms with Crippen LogP contribution in [-0.4, -0.2) is 63.8 Å². The van der Waals surface area contributed by atoms with Crippen molar-refractivity contribution in [2.75, 3.05) is 36.0 Å². The molecular formula is C28H49I2N3O. The first-order chi connectivity index (χ1) is 16.3. The fourth-order valence-electron chi connectivity index (χ4n) is 5.93. The number of carbonyl (C=O) groups is 1. The van der Waals surface area contributed by atoms with E-state index < -0.39 is 5.41 Å². The predicted molar refractivity (Wildman–Crippen MR) is 165 cm³/mol. The number of rotatable bonds is 10. The van der Waals surface area contributed by atoms with Gasteiger partial charge in [0.1, 0.15) is 0 Å². The predicted octanol–water partition coefficient (Wildman–Crippen LogP) is 6.53. The zero-order valence-electron chi connectivity index (χ0n) is 22.4. The van der Waals surface area contributed by atoms with Crippen LogP contribution in [0.3, 0.4) is 0 Å². The van der Waals surface area contributed by atoms with Crippen LogP contribution in [0.1, 0.15) is 71.8 Å². The Morgan fingerprint density at radius 1 is 0.941 bits per heavy atom. The Hall–Kier alpha value is 0.0700. The first-order valence-electron chi connectivity index (χ1n) is 12.9. The summed E-state index contributed by atoms with van der Waals surface area (Å²) in [5.41, 5.74) is 6.66. The molecule has 3 fully saturated rings. The fourth-order valence-corrected chi connectivity index (χ4v) is 5.93. The maximum Gasteiger partial charge on any atom is 0.228 e. The van der Waals surface area contributed by atoms with Crippen LogP contribution in [0.5, 0.6) is 0 Å². The van der Waals surface area contributed by atoms with E-state index in [0.717, 1.165) is 43.3 Å². The molecule has 2 bridgehead atoms. The van der Waals surface area contributed by atoms with E-state index in [9.17, 15) is 4.79 Å². The standard InChI is InChI=1S/C26H43N3O.2CH3I/c1-20(2)29(21(3)4)17-15-26(25(27)30,24-8-6-5-7-9-24)14-16-28-18-22-10-11-23(19-28)13-12-22;2*1-2/h5-9,20-23H,10-19H2,1-4H3,(H2,27,30);2*1H3. The molecule has 34 heavy (non-hydrogen) atoms. The fraction of sp³-hybridized carbons (Fsp3) is 0.750. The molecule has 2 N–H and O–H groups in total. The summed E-state index contributed by atoms with van der Waals surface area (Å²) < 4.78 is 0. The highest BCUT2D eigenvalue weighted by Crippen LogP contribution is 2.36. The molecule has 0 radical (unpaired) electrons. The average Bonchev–Trinajstić information content (AvgIpc) is 3.17. The van der Waals surface area contributed by atoms with Gasteiger partial charge in [-0.15, -0.1) is 0 Å². The molecule has 1 amide bonds. The maximum atomic E-state index is 13.0. The molecule has 196 valence electrons. The van der Waals surface area contributed by atoms with E-state index >= 15 is 0 Å². The van der Waals surface area contributed by atoms with E-state index in [1.165, 1.54) is 38.8 Å². The molecule has 0 spiro atoms. The first kappa shape index (κ1) is 32.1. The number of benzene rings is 1. The Morgan fingerprint density at radius 2 is 1.41 bits per heavy atom. The normalized spacial score (nSPS) is 21.9. The number of halogens is 2. The number of nitrogens with zero attached hydrogens (tertiary/aromatic N) is 2. The van der Waals surface area contributed by atoms with Crippen LogP contribution >= 0.6 is 45.2 Å². The summed E-state index contributed by atoms with van der Waals surface area (Å²) in [6.45, 7) is 13.2. The van der Waals surface area contributed by atoms with Crippen molar-refractivity contribution >= 4 is 51.1 Å². The smallest absolute Gasteiger partial charge is 0.228 e. The Balaban J connectivity index is 0.00000137. The summed E-state index contributed by atoms with van der Waals surface area (Å²) in [5, 5.41) is 0. The molecule has 1 unspecified atom stereocenters. The summed E-state index contributed by atoms with van der Waals surface area (Å²) >= 11 is 4.30. The monoisotopic (exact) mass is 697 g/mol. The molecule has 3 aliphatic rings. The van der Waals surface area contributed by atoms with Crippen LogP contribution in [-0.2, 0) is 10.2 Å². The third-order valence-corrected chi connectivity index (χ3v) is 7.78. The first-order valence-corrected chi connectivity index (χ1v) is 17.2. The van der Waals surface area contributed by atoms with Gasteiger partial charge in [-0.3, -0.25) is 9.69 Å². The van der Waals surface area contributed by atoms with E-state index in [4.69, 9.17) is 5.73 Å². The molecule has 4 nitrogen and oxygen atoms in total. The summed E-state index contributed by atoms with van der Waals surface area (Å²) in [7, 11) is 0. The van der Waals surface area contributed by atoms with Crippen LogP contribution < -0.4 is 5.73 Å². The van der Waals surface area contributed by atoms with Gasteiger partial charge in [0, 0.05) is 31.7 Å². The van der Waals surface area contributed by atoms with E-state index in [0.29, 0.717) is 12.1 Å². The van der Waals surface area contributed by atoms with Gasteiger partial charge in [-0.25, -0.2) is 0 Å². The molecular weight excluding hydrogens is 648 g/mol. The van der Waals surface area contributed by atoms with E-state index in [1.54, 1.807) is 0 Å². The lowest BCUT2D eigenvalue weighted by Crippen LogP contribution is -2.48. The molecule has 0 aromatic heterocycles. The largest absolute Gasteiger partial charge is 0.369 e. The van der Waals surface area contributed by atoms with Crippen molar-refractivity contribution in [2.24, 2.45) is 17.6 Å². The summed E-state index contributed by atoms with van der Waals surface area (Å²) in [6, 6.07) is 11.2. The number of primary amides is 1. The molecule has 2 heterocycles. The van der Waals surface area contributed by atoms with Crippen LogP contribution in [0, 0.1) is 11.8 Å². The maximum absolute atomic E-state index is 13.0. The lowest BCUT2D eigenvalue weighted by molar-refractivity contribution is -0.124. The minimum atomic E-state index is -0.603. The van der Waals surface area contributed by atoms with Crippen molar-refractivity contribution < 1.29 is 4.79 Å². The number of hydrogen-bond donors (Lipinski definition) is 1. The minimum absolute atomic E-state index is 0.168. The highest BCUT2D eigenvalue weighted by molar-refractivity contribution is 14.1. The van der Waals surface area contributed by atoms with Crippen molar-refractivity contribution in [2.45, 2.75) is 83.7 Å². The number of carbonyl (C=O) groups excluding carboxylic acids is 1. The van der Waals surface area contributed by atoms with Crippen molar-refractivity contribution in [3.8, 4) is 0 Å². The molecule has 4 rings (SSSR count). The van der Waals surface area contributed by atoms with Crippen molar-refractivity contribution in [1.82, 2.24) is 9.80 Å². The van der Waals surface area contributed by atoms with E-state index in [2.05, 4.69) is 94.8 Å². The second-order valence-corrected chi connectivity index (χ2v) is 10.4. The van der Waals surface area contributed by atoms with Gasteiger partial charge in [-0.1, -0.05) is 75.5 Å². The van der Waals surface area contributed by atoms with Crippen molar-refractivity contribution in [3.05, 3.63) is 35.9 Å². The SMILES string of the molecule is CC(C)N(CCC(CCN1CC2CCC(CC2)C1)(C(N)=O)c1ccccc1)C(C)C.CI.CI. The van der Waals surface area contributed by atoms with Crippen LogP contribution in [0.2, 0.25) is 0 Å². The molecule has 1 saturated carbocycles. The second kappa shape index (κ2) is 16.7. The van der Waals surface area contributed by atoms with E-state index in [-0.39, 0.29) is 5.91 Å². The third kappa shape index (κ3) is 9.18. The second-order valence-electron chi connectivity index (χ2n) is 10.4. The van der Waals surface area contributed by atoms with Crippen molar-refractivity contribution in [1.29, 1.82) is 0 Å². The topological polar surface area (TPSA) is 49.6 Å². The number of fused-ring (bicyclic) bond motifs is 4. The van der Waals surface area contributed by atoms with Gasteiger partial charge in [0.25, 0.3) is 0 Å². The van der Waals surface area contributed by atoms with Gasteiger partial charge in [0.05, 0.1) is 5.41 Å². The van der Waals surface area contributed by atoms with Gasteiger partial charge in [0.15, 0.2) is 0 Å². The quantitative estimate of drug-likeness (QED) is 0.224. The number of alkyl halides is 2. The van der Waals surface area contributed by atoms with Crippen LogP contribution in [0.15, 0.2) is 30.3 Å². The summed E-state index contributed by atoms with van der Waals surface area (Å²) in [6.07, 6.45) is 7.15. The highest BCUT2D eigenvalue weighted by atomic mass is 127. The van der Waals surface area contributed by atoms with Gasteiger partial charge in [-0.05, 0) is 100 Å². The number of amides is 1.